The van der Waals surface area contributed by atoms with Crippen molar-refractivity contribution in [3.63, 3.8) is 0 Å². The van der Waals surface area contributed by atoms with Gasteiger partial charge in [0, 0.05) is 18.7 Å². The van der Waals surface area contributed by atoms with E-state index in [-0.39, 0.29) is 30.7 Å². The quantitative estimate of drug-likeness (QED) is 0.869. The van der Waals surface area contributed by atoms with E-state index in [0.717, 1.165) is 17.9 Å². The third-order valence-corrected chi connectivity index (χ3v) is 2.90. The predicted octanol–water partition coefficient (Wildman–Crippen LogP) is 1.53. The maximum absolute atomic E-state index is 11.9. The number of aromatic nitrogens is 3. The molecule has 0 unspecified atom stereocenters. The number of carbonyl (C=O) groups excluding carboxylic acids is 1. The molecule has 0 saturated carbocycles. The topological polar surface area (TPSA) is 85.8 Å². The lowest BCUT2D eigenvalue weighted by Gasteiger charge is -2.06. The van der Waals surface area contributed by atoms with Crippen LogP contribution >= 0.6 is 24.8 Å². The zero-order chi connectivity index (χ0) is 13.7. The zero-order valence-corrected chi connectivity index (χ0v) is 13.3. The summed E-state index contributed by atoms with van der Waals surface area (Å²) in [5.41, 5.74) is 7.13. The van der Waals surface area contributed by atoms with E-state index in [1.54, 1.807) is 18.5 Å². The van der Waals surface area contributed by atoms with Crippen LogP contribution in [0.2, 0.25) is 0 Å². The fourth-order valence-electron chi connectivity index (χ4n) is 1.73. The number of hydrogen-bond donors (Lipinski definition) is 2. The first-order valence-corrected chi connectivity index (χ1v) is 6.18. The lowest BCUT2D eigenvalue weighted by Crippen LogP contribution is -2.24. The van der Waals surface area contributed by atoms with Crippen LogP contribution in [0, 0.1) is 0 Å². The van der Waals surface area contributed by atoms with Gasteiger partial charge in [-0.1, -0.05) is 12.1 Å². The predicted molar refractivity (Wildman–Crippen MR) is 85.7 cm³/mol. The second-order valence-corrected chi connectivity index (χ2v) is 4.12. The van der Waals surface area contributed by atoms with Crippen LogP contribution in [0.3, 0.4) is 0 Å². The molecule has 6 nitrogen and oxygen atoms in total. The molecule has 1 aromatic heterocycles. The van der Waals surface area contributed by atoms with E-state index in [4.69, 9.17) is 5.73 Å². The maximum Gasteiger partial charge on any atom is 0.251 e. The Labute approximate surface area is 135 Å². The molecule has 0 aliphatic rings. The number of rotatable bonds is 5. The molecular formula is C13H19Cl2N5O. The highest BCUT2D eigenvalue weighted by Crippen LogP contribution is 2.04. The van der Waals surface area contributed by atoms with Crippen molar-refractivity contribution in [3.05, 3.63) is 47.5 Å². The van der Waals surface area contributed by atoms with Gasteiger partial charge in [-0.05, 0) is 24.6 Å². The van der Waals surface area contributed by atoms with E-state index in [9.17, 15) is 4.79 Å². The lowest BCUT2D eigenvalue weighted by atomic mass is 10.1. The third-order valence-electron chi connectivity index (χ3n) is 2.90. The van der Waals surface area contributed by atoms with Crippen LogP contribution in [0.4, 0.5) is 0 Å². The number of nitrogens with zero attached hydrogens (tertiary/aromatic N) is 3. The molecule has 21 heavy (non-hydrogen) atoms. The normalized spacial score (nSPS) is 9.43. The van der Waals surface area contributed by atoms with Crippen LogP contribution in [0.5, 0.6) is 0 Å². The number of amides is 1. The average molecular weight is 332 g/mol. The van der Waals surface area contributed by atoms with Crippen molar-refractivity contribution < 1.29 is 4.79 Å². The molecule has 0 radical (unpaired) electrons. The Kier molecular flexibility index (Phi) is 8.61. The van der Waals surface area contributed by atoms with Crippen LogP contribution in [0.15, 0.2) is 30.6 Å². The number of carbonyl (C=O) groups is 1. The fraction of sp³-hybridized carbons (Fsp3) is 0.308. The molecule has 3 N–H and O–H groups in total. The van der Waals surface area contributed by atoms with Crippen molar-refractivity contribution in [2.24, 2.45) is 5.73 Å². The van der Waals surface area contributed by atoms with Gasteiger partial charge in [0.1, 0.15) is 6.33 Å². The molecule has 0 saturated heterocycles. The van der Waals surface area contributed by atoms with Crippen LogP contribution in [0.1, 0.15) is 28.7 Å². The second kappa shape index (κ2) is 9.33. The number of hydrogen-bond acceptors (Lipinski definition) is 4. The minimum atomic E-state index is -0.130. The van der Waals surface area contributed by atoms with Crippen LogP contribution < -0.4 is 11.1 Å². The molecule has 1 amide bonds. The average Bonchev–Trinajstić information content (AvgIpc) is 2.92. The molecule has 0 aliphatic carbocycles. The van der Waals surface area contributed by atoms with Crippen molar-refractivity contribution in [2.45, 2.75) is 26.6 Å². The molecule has 0 bridgehead atoms. The monoisotopic (exact) mass is 331 g/mol. The number of benzene rings is 1. The SMILES string of the molecule is CCn1cnnc1CNC(=O)c1ccc(CN)cc1.Cl.Cl. The standard InChI is InChI=1S/C13H17N5O.2ClH/c1-2-18-9-16-17-12(18)8-15-13(19)11-5-3-10(7-14)4-6-11;;/h3-6,9H,2,7-8,14H2,1H3,(H,15,19);2*1H. The molecule has 8 heteroatoms. The smallest absolute Gasteiger partial charge is 0.251 e. The first-order chi connectivity index (χ1) is 9.24. The molecule has 1 heterocycles. The molecule has 2 rings (SSSR count). The highest BCUT2D eigenvalue weighted by Gasteiger charge is 2.07. The minimum absolute atomic E-state index is 0. The molecule has 1 aromatic carbocycles. The van der Waals surface area contributed by atoms with Gasteiger partial charge in [0.2, 0.25) is 0 Å². The van der Waals surface area contributed by atoms with Crippen LogP contribution in [-0.4, -0.2) is 20.7 Å². The van der Waals surface area contributed by atoms with E-state index in [1.807, 2.05) is 23.6 Å². The molecule has 0 spiro atoms. The largest absolute Gasteiger partial charge is 0.345 e. The summed E-state index contributed by atoms with van der Waals surface area (Å²) in [4.78, 5) is 11.9. The Hall–Kier alpha value is -1.63. The van der Waals surface area contributed by atoms with Gasteiger partial charge in [0.25, 0.3) is 5.91 Å². The van der Waals surface area contributed by atoms with Gasteiger partial charge in [-0.25, -0.2) is 0 Å². The van der Waals surface area contributed by atoms with Gasteiger partial charge in [0.05, 0.1) is 6.54 Å². The Morgan fingerprint density at radius 2 is 1.95 bits per heavy atom. The summed E-state index contributed by atoms with van der Waals surface area (Å²) in [5, 5.41) is 10.6. The van der Waals surface area contributed by atoms with E-state index in [1.165, 1.54) is 0 Å². The third kappa shape index (κ3) is 5.00. The number of nitrogens with two attached hydrogens (primary N) is 1. The zero-order valence-electron chi connectivity index (χ0n) is 11.7. The van der Waals surface area contributed by atoms with Crippen LogP contribution in [-0.2, 0) is 19.6 Å². The number of aryl methyl sites for hydroxylation is 1. The number of nitrogens with one attached hydrogen (secondary N) is 1. The molecule has 0 fully saturated rings. The van der Waals surface area contributed by atoms with E-state index in [2.05, 4.69) is 15.5 Å². The van der Waals surface area contributed by atoms with Gasteiger partial charge in [-0.2, -0.15) is 0 Å². The lowest BCUT2D eigenvalue weighted by molar-refractivity contribution is 0.0949. The van der Waals surface area contributed by atoms with Crippen molar-refractivity contribution in [1.82, 2.24) is 20.1 Å². The van der Waals surface area contributed by atoms with Crippen molar-refractivity contribution in [1.29, 1.82) is 0 Å². The van der Waals surface area contributed by atoms with Gasteiger partial charge >= 0.3 is 0 Å². The minimum Gasteiger partial charge on any atom is -0.345 e. The summed E-state index contributed by atoms with van der Waals surface area (Å²) < 4.78 is 1.89. The summed E-state index contributed by atoms with van der Waals surface area (Å²) in [6, 6.07) is 7.23. The van der Waals surface area contributed by atoms with E-state index >= 15 is 0 Å². The number of halogens is 2. The van der Waals surface area contributed by atoms with E-state index < -0.39 is 0 Å². The second-order valence-electron chi connectivity index (χ2n) is 4.12. The Bertz CT molecular complexity index is 556. The molecule has 116 valence electrons. The Balaban J connectivity index is 0.00000200. The van der Waals surface area contributed by atoms with Crippen LogP contribution in [0.25, 0.3) is 0 Å². The molecule has 0 atom stereocenters. The van der Waals surface area contributed by atoms with Gasteiger partial charge in [0.15, 0.2) is 5.82 Å². The molecule has 0 aliphatic heterocycles. The van der Waals surface area contributed by atoms with Crippen molar-refractivity contribution >= 4 is 30.7 Å². The van der Waals surface area contributed by atoms with Gasteiger partial charge < -0.3 is 15.6 Å². The summed E-state index contributed by atoms with van der Waals surface area (Å²) in [6.45, 7) is 3.62. The maximum atomic E-state index is 11.9. The first-order valence-electron chi connectivity index (χ1n) is 6.18. The highest BCUT2D eigenvalue weighted by atomic mass is 35.5. The summed E-state index contributed by atoms with van der Waals surface area (Å²) >= 11 is 0. The summed E-state index contributed by atoms with van der Waals surface area (Å²) in [5.74, 6) is 0.614. The van der Waals surface area contributed by atoms with E-state index in [0.29, 0.717) is 18.7 Å². The van der Waals surface area contributed by atoms with Crippen molar-refractivity contribution in [2.75, 3.05) is 0 Å². The first kappa shape index (κ1) is 19.4. The fourth-order valence-corrected chi connectivity index (χ4v) is 1.73. The Morgan fingerprint density at radius 1 is 1.29 bits per heavy atom. The summed E-state index contributed by atoms with van der Waals surface area (Å²) in [7, 11) is 0. The van der Waals surface area contributed by atoms with Gasteiger partial charge in [-0.15, -0.1) is 35.0 Å². The molecule has 2 aromatic rings. The van der Waals surface area contributed by atoms with Gasteiger partial charge in [-0.3, -0.25) is 4.79 Å². The molecular weight excluding hydrogens is 313 g/mol. The van der Waals surface area contributed by atoms with Crippen molar-refractivity contribution in [3.8, 4) is 0 Å². The summed E-state index contributed by atoms with van der Waals surface area (Å²) in [6.07, 6.45) is 1.65. The highest BCUT2D eigenvalue weighted by molar-refractivity contribution is 5.94. The Morgan fingerprint density at radius 3 is 2.52 bits per heavy atom.